The van der Waals surface area contributed by atoms with Gasteiger partial charge in [-0.2, -0.15) is 8.78 Å². The van der Waals surface area contributed by atoms with Crippen molar-refractivity contribution in [3.05, 3.63) is 28.3 Å². The van der Waals surface area contributed by atoms with Gasteiger partial charge in [-0.05, 0) is 6.07 Å². The van der Waals surface area contributed by atoms with E-state index in [1.165, 1.54) is 0 Å². The largest absolute Gasteiger partial charge is 0.484 e. The molecule has 1 aliphatic rings. The summed E-state index contributed by atoms with van der Waals surface area (Å²) in [6.07, 6.45) is 0.276. The van der Waals surface area contributed by atoms with E-state index in [0.717, 1.165) is 18.2 Å². The van der Waals surface area contributed by atoms with Gasteiger partial charge in [0.05, 0.1) is 24.2 Å². The third kappa shape index (κ3) is 3.50. The molecule has 0 bridgehead atoms. The van der Waals surface area contributed by atoms with Gasteiger partial charge in [0.15, 0.2) is 11.5 Å². The lowest BCUT2D eigenvalue weighted by molar-refractivity contribution is -0.385. The first-order chi connectivity index (χ1) is 9.06. The third-order valence-corrected chi connectivity index (χ3v) is 2.54. The van der Waals surface area contributed by atoms with Crippen LogP contribution in [0.2, 0.25) is 0 Å². The van der Waals surface area contributed by atoms with Crippen LogP contribution in [0.4, 0.5) is 14.5 Å². The fraction of sp³-hybridized carbons (Fsp3) is 0.455. The van der Waals surface area contributed by atoms with Crippen molar-refractivity contribution in [2.75, 3.05) is 13.2 Å². The van der Waals surface area contributed by atoms with Crippen LogP contribution in [0.5, 0.6) is 11.5 Å². The summed E-state index contributed by atoms with van der Waals surface area (Å²) in [5, 5.41) is 10.7. The van der Waals surface area contributed by atoms with Gasteiger partial charge in [0.25, 0.3) is 5.69 Å². The van der Waals surface area contributed by atoms with Crippen molar-refractivity contribution in [1.82, 2.24) is 0 Å². The Balaban J connectivity index is 2.23. The van der Waals surface area contributed by atoms with Gasteiger partial charge in [-0.15, -0.1) is 0 Å². The van der Waals surface area contributed by atoms with Gasteiger partial charge in [-0.1, -0.05) is 0 Å². The van der Waals surface area contributed by atoms with Gasteiger partial charge in [-0.3, -0.25) is 10.1 Å². The number of nitro groups is 1. The molecule has 2 rings (SSSR count). The highest BCUT2D eigenvalue weighted by atomic mass is 19.3. The summed E-state index contributed by atoms with van der Waals surface area (Å²) >= 11 is 0. The molecule has 0 radical (unpaired) electrons. The van der Waals surface area contributed by atoms with Crippen LogP contribution in [-0.4, -0.2) is 30.9 Å². The Labute approximate surface area is 107 Å². The highest BCUT2D eigenvalue weighted by molar-refractivity contribution is 5.48. The summed E-state index contributed by atoms with van der Waals surface area (Å²) in [6.45, 7) is -2.20. The molecule has 19 heavy (non-hydrogen) atoms. The molecule has 8 heteroatoms. The van der Waals surface area contributed by atoms with Crippen LogP contribution >= 0.6 is 0 Å². The van der Waals surface area contributed by atoms with Gasteiger partial charge in [0.2, 0.25) is 0 Å². The molecule has 1 heterocycles. The summed E-state index contributed by atoms with van der Waals surface area (Å²) in [5.74, 6) is -0.308. The molecular weight excluding hydrogens is 264 g/mol. The maximum Gasteiger partial charge on any atom is 0.387 e. The summed E-state index contributed by atoms with van der Waals surface area (Å²) in [6, 6.07) is 3.24. The lowest BCUT2D eigenvalue weighted by Gasteiger charge is -2.15. The molecule has 1 atom stereocenters. The molecule has 0 aromatic heterocycles. The predicted octanol–water partition coefficient (Wildman–Crippen LogP) is 2.36. The van der Waals surface area contributed by atoms with Crippen LogP contribution in [0.3, 0.4) is 0 Å². The Hall–Kier alpha value is -1.96. The lowest BCUT2D eigenvalue weighted by atomic mass is 10.2. The first-order valence-electron chi connectivity index (χ1n) is 5.54. The van der Waals surface area contributed by atoms with E-state index in [0.29, 0.717) is 19.6 Å². The summed E-state index contributed by atoms with van der Waals surface area (Å²) < 4.78 is 39.2. The molecule has 1 aliphatic heterocycles. The maximum atomic E-state index is 12.2. The summed E-state index contributed by atoms with van der Waals surface area (Å²) in [7, 11) is 0. The number of ether oxygens (including phenoxy) is 3. The molecule has 1 unspecified atom stereocenters. The molecule has 0 aliphatic carbocycles. The molecule has 0 spiro atoms. The number of nitrogens with zero attached hydrogens (tertiary/aromatic N) is 1. The first kappa shape index (κ1) is 13.5. The fourth-order valence-electron chi connectivity index (χ4n) is 1.68. The minimum Gasteiger partial charge on any atom is -0.484 e. The molecule has 6 nitrogen and oxygen atoms in total. The zero-order chi connectivity index (χ0) is 13.8. The van der Waals surface area contributed by atoms with Crippen molar-refractivity contribution in [2.24, 2.45) is 0 Å². The molecule has 1 aromatic rings. The van der Waals surface area contributed by atoms with Crippen LogP contribution in [-0.2, 0) is 4.74 Å². The minimum atomic E-state index is -3.02. The Bertz CT molecular complexity index is 462. The molecule has 1 fully saturated rings. The molecule has 104 valence electrons. The van der Waals surface area contributed by atoms with Gasteiger partial charge in [-0.25, -0.2) is 0 Å². The minimum absolute atomic E-state index is 0.0787. The second-order valence-corrected chi connectivity index (χ2v) is 3.87. The molecule has 0 saturated carbocycles. The zero-order valence-corrected chi connectivity index (χ0v) is 9.75. The number of benzene rings is 1. The summed E-state index contributed by atoms with van der Waals surface area (Å²) in [4.78, 5) is 10.0. The Kier molecular flexibility index (Phi) is 4.10. The van der Waals surface area contributed by atoms with E-state index in [-0.39, 0.29) is 23.3 Å². The van der Waals surface area contributed by atoms with Gasteiger partial charge in [0.1, 0.15) is 6.10 Å². The van der Waals surface area contributed by atoms with E-state index in [9.17, 15) is 18.9 Å². The van der Waals surface area contributed by atoms with Crippen molar-refractivity contribution in [1.29, 1.82) is 0 Å². The number of non-ortho nitro benzene ring substituents is 1. The third-order valence-electron chi connectivity index (χ3n) is 2.54. The predicted molar refractivity (Wildman–Crippen MR) is 59.6 cm³/mol. The van der Waals surface area contributed by atoms with Crippen LogP contribution in [0.25, 0.3) is 0 Å². The van der Waals surface area contributed by atoms with Crippen LogP contribution in [0, 0.1) is 10.1 Å². The standard InChI is InChI=1S/C11H11F2NO5/c12-11(13)19-9-2-1-7(14(15)16)5-10(9)18-8-3-4-17-6-8/h1-2,5,8,11H,3-4,6H2. The Morgan fingerprint density at radius 3 is 2.79 bits per heavy atom. The molecule has 0 amide bonds. The van der Waals surface area contributed by atoms with Gasteiger partial charge in [0, 0.05) is 12.5 Å². The van der Waals surface area contributed by atoms with Crippen molar-refractivity contribution < 1.29 is 27.9 Å². The molecule has 1 aromatic carbocycles. The maximum absolute atomic E-state index is 12.2. The van der Waals surface area contributed by atoms with Gasteiger partial charge < -0.3 is 14.2 Å². The molecule has 1 saturated heterocycles. The van der Waals surface area contributed by atoms with E-state index in [2.05, 4.69) is 4.74 Å². The molecule has 0 N–H and O–H groups in total. The normalized spacial score (nSPS) is 18.6. The number of alkyl halides is 2. The second kappa shape index (κ2) is 5.79. The average molecular weight is 275 g/mol. The zero-order valence-electron chi connectivity index (χ0n) is 9.75. The van der Waals surface area contributed by atoms with Crippen LogP contribution in [0.15, 0.2) is 18.2 Å². The lowest BCUT2D eigenvalue weighted by Crippen LogP contribution is -2.17. The van der Waals surface area contributed by atoms with Crippen molar-refractivity contribution >= 4 is 5.69 Å². The summed E-state index contributed by atoms with van der Waals surface area (Å²) in [5.41, 5.74) is -0.254. The number of hydrogen-bond donors (Lipinski definition) is 0. The van der Waals surface area contributed by atoms with E-state index in [1.54, 1.807) is 0 Å². The van der Waals surface area contributed by atoms with Crippen LogP contribution < -0.4 is 9.47 Å². The van der Waals surface area contributed by atoms with E-state index < -0.39 is 11.5 Å². The highest BCUT2D eigenvalue weighted by Crippen LogP contribution is 2.34. The van der Waals surface area contributed by atoms with Crippen molar-refractivity contribution in [3.63, 3.8) is 0 Å². The Morgan fingerprint density at radius 1 is 1.42 bits per heavy atom. The number of hydrogen-bond acceptors (Lipinski definition) is 5. The van der Waals surface area contributed by atoms with Crippen LogP contribution in [0.1, 0.15) is 6.42 Å². The van der Waals surface area contributed by atoms with Crippen molar-refractivity contribution in [3.8, 4) is 11.5 Å². The smallest absolute Gasteiger partial charge is 0.387 e. The quantitative estimate of drug-likeness (QED) is 0.609. The van der Waals surface area contributed by atoms with Gasteiger partial charge >= 0.3 is 6.61 Å². The fourth-order valence-corrected chi connectivity index (χ4v) is 1.68. The highest BCUT2D eigenvalue weighted by Gasteiger charge is 2.22. The molecular formula is C11H11F2NO5. The monoisotopic (exact) mass is 275 g/mol. The Morgan fingerprint density at radius 2 is 2.21 bits per heavy atom. The average Bonchev–Trinajstić information content (AvgIpc) is 2.83. The number of halogens is 2. The SMILES string of the molecule is O=[N+]([O-])c1ccc(OC(F)F)c(OC2CCOC2)c1. The topological polar surface area (TPSA) is 70.8 Å². The number of nitro benzene ring substituents is 1. The first-order valence-corrected chi connectivity index (χ1v) is 5.54. The second-order valence-electron chi connectivity index (χ2n) is 3.87. The van der Waals surface area contributed by atoms with E-state index in [1.807, 2.05) is 0 Å². The van der Waals surface area contributed by atoms with E-state index in [4.69, 9.17) is 9.47 Å². The van der Waals surface area contributed by atoms with E-state index >= 15 is 0 Å². The van der Waals surface area contributed by atoms with Crippen molar-refractivity contribution in [2.45, 2.75) is 19.1 Å². The number of rotatable bonds is 5.